The van der Waals surface area contributed by atoms with Crippen LogP contribution < -0.4 is 10.2 Å². The van der Waals surface area contributed by atoms with E-state index in [9.17, 15) is 9.59 Å². The quantitative estimate of drug-likeness (QED) is 0.910. The van der Waals surface area contributed by atoms with Gasteiger partial charge in [0, 0.05) is 29.4 Å². The lowest BCUT2D eigenvalue weighted by molar-refractivity contribution is -0.122. The summed E-state index contributed by atoms with van der Waals surface area (Å²) < 4.78 is 0. The van der Waals surface area contributed by atoms with Crippen molar-refractivity contribution in [3.05, 3.63) is 58.6 Å². The first-order valence-electron chi connectivity index (χ1n) is 8.59. The van der Waals surface area contributed by atoms with Gasteiger partial charge in [-0.1, -0.05) is 23.7 Å². The number of aryl methyl sites for hydroxylation is 2. The molecule has 0 saturated carbocycles. The molecule has 25 heavy (non-hydrogen) atoms. The van der Waals surface area contributed by atoms with Crippen LogP contribution in [0.15, 0.2) is 42.5 Å². The molecule has 2 aromatic rings. The van der Waals surface area contributed by atoms with E-state index in [0.29, 0.717) is 11.6 Å². The number of fused-ring (bicyclic) bond motifs is 1. The van der Waals surface area contributed by atoms with Crippen LogP contribution in [0.5, 0.6) is 0 Å². The van der Waals surface area contributed by atoms with Crippen LogP contribution in [0.25, 0.3) is 0 Å². The fraction of sp³-hybridized carbons (Fsp3) is 0.300. The van der Waals surface area contributed by atoms with Crippen molar-refractivity contribution in [2.24, 2.45) is 5.92 Å². The summed E-state index contributed by atoms with van der Waals surface area (Å²) in [7, 11) is 0. The van der Waals surface area contributed by atoms with Gasteiger partial charge in [-0.3, -0.25) is 9.59 Å². The Morgan fingerprint density at radius 1 is 1.12 bits per heavy atom. The van der Waals surface area contributed by atoms with E-state index in [1.54, 1.807) is 17.0 Å². The molecule has 0 unspecified atom stereocenters. The van der Waals surface area contributed by atoms with Gasteiger partial charge in [-0.15, -0.1) is 0 Å². The van der Waals surface area contributed by atoms with Crippen LogP contribution in [-0.4, -0.2) is 18.4 Å². The number of anilines is 2. The lowest BCUT2D eigenvalue weighted by Gasteiger charge is -2.17. The molecule has 1 aliphatic heterocycles. The lowest BCUT2D eigenvalue weighted by atomic mass is 10.1. The summed E-state index contributed by atoms with van der Waals surface area (Å²) in [5.41, 5.74) is 4.26. The first-order chi connectivity index (χ1) is 12.1. The van der Waals surface area contributed by atoms with Crippen LogP contribution in [-0.2, 0) is 22.4 Å². The zero-order chi connectivity index (χ0) is 17.4. The maximum Gasteiger partial charge on any atom is 0.229 e. The number of nitrogens with one attached hydrogen (secondary N) is 1. The molecule has 0 radical (unpaired) electrons. The second-order valence-electron chi connectivity index (χ2n) is 6.71. The molecule has 128 valence electrons. The maximum absolute atomic E-state index is 12.6. The fourth-order valence-corrected chi connectivity index (χ4v) is 3.86. The molecule has 2 aliphatic rings. The van der Waals surface area contributed by atoms with Gasteiger partial charge in [0.15, 0.2) is 0 Å². The summed E-state index contributed by atoms with van der Waals surface area (Å²) in [6, 6.07) is 13.3. The topological polar surface area (TPSA) is 49.4 Å². The zero-order valence-electron chi connectivity index (χ0n) is 13.8. The number of rotatable bonds is 3. The largest absolute Gasteiger partial charge is 0.326 e. The molecule has 0 bridgehead atoms. The minimum absolute atomic E-state index is 0.0450. The van der Waals surface area contributed by atoms with Crippen LogP contribution >= 0.6 is 11.6 Å². The van der Waals surface area contributed by atoms with E-state index < -0.39 is 0 Å². The summed E-state index contributed by atoms with van der Waals surface area (Å²) in [6.07, 6.45) is 3.60. The van der Waals surface area contributed by atoms with Gasteiger partial charge in [-0.05, 0) is 60.7 Å². The molecule has 1 atom stereocenters. The fourth-order valence-electron chi connectivity index (χ4n) is 3.67. The van der Waals surface area contributed by atoms with Crippen molar-refractivity contribution >= 4 is 34.8 Å². The number of carbonyl (C=O) groups excluding carboxylic acids is 2. The first-order valence-corrected chi connectivity index (χ1v) is 8.96. The van der Waals surface area contributed by atoms with Crippen molar-refractivity contribution < 1.29 is 9.59 Å². The molecule has 2 amide bonds. The Labute approximate surface area is 151 Å². The highest BCUT2D eigenvalue weighted by atomic mass is 35.5. The summed E-state index contributed by atoms with van der Waals surface area (Å²) >= 11 is 6.01. The van der Waals surface area contributed by atoms with Gasteiger partial charge in [0.05, 0.1) is 5.92 Å². The maximum atomic E-state index is 12.6. The van der Waals surface area contributed by atoms with E-state index in [1.165, 1.54) is 17.5 Å². The molecular formula is C20H19ClN2O2. The molecule has 4 nitrogen and oxygen atoms in total. The van der Waals surface area contributed by atoms with Crippen molar-refractivity contribution in [2.45, 2.75) is 25.7 Å². The van der Waals surface area contributed by atoms with Crippen LogP contribution in [0.3, 0.4) is 0 Å². The first kappa shape index (κ1) is 16.2. The molecule has 0 aromatic heterocycles. The van der Waals surface area contributed by atoms with E-state index in [4.69, 9.17) is 11.6 Å². The van der Waals surface area contributed by atoms with E-state index in [1.807, 2.05) is 18.2 Å². The smallest absolute Gasteiger partial charge is 0.229 e. The van der Waals surface area contributed by atoms with Crippen molar-refractivity contribution in [3.63, 3.8) is 0 Å². The van der Waals surface area contributed by atoms with E-state index in [0.717, 1.165) is 24.2 Å². The van der Waals surface area contributed by atoms with Gasteiger partial charge in [0.1, 0.15) is 0 Å². The number of hydrogen-bond acceptors (Lipinski definition) is 2. The number of carbonyl (C=O) groups is 2. The summed E-state index contributed by atoms with van der Waals surface area (Å²) in [5.74, 6) is -0.494. The third-order valence-electron chi connectivity index (χ3n) is 4.98. The van der Waals surface area contributed by atoms with Gasteiger partial charge in [-0.2, -0.15) is 0 Å². The SMILES string of the molecule is O=C(Nc1ccc2c(c1)CCC2)[C@@H]1CC(=O)N(c2cccc(Cl)c2)C1. The highest BCUT2D eigenvalue weighted by Gasteiger charge is 2.35. The van der Waals surface area contributed by atoms with Crippen LogP contribution in [0.4, 0.5) is 11.4 Å². The van der Waals surface area contributed by atoms with Gasteiger partial charge in [0.2, 0.25) is 11.8 Å². The Kier molecular flexibility index (Phi) is 4.22. The molecule has 2 aromatic carbocycles. The predicted molar refractivity (Wildman–Crippen MR) is 99.0 cm³/mol. The van der Waals surface area contributed by atoms with Crippen LogP contribution in [0.1, 0.15) is 24.0 Å². The Morgan fingerprint density at radius 2 is 1.96 bits per heavy atom. The normalized spacial score (nSPS) is 19.2. The number of amides is 2. The second-order valence-corrected chi connectivity index (χ2v) is 7.15. The summed E-state index contributed by atoms with van der Waals surface area (Å²) in [5, 5.41) is 3.55. The molecule has 4 rings (SSSR count). The van der Waals surface area contributed by atoms with Crippen LogP contribution in [0, 0.1) is 5.92 Å². The standard InChI is InChI=1S/C20H19ClN2O2/c21-16-5-2-6-18(11-16)23-12-15(10-19(23)24)20(25)22-17-8-7-13-3-1-4-14(13)9-17/h2,5-9,11,15H,1,3-4,10,12H2,(H,22,25)/t15-/m1/s1. The molecule has 1 fully saturated rings. The van der Waals surface area contributed by atoms with Crippen LogP contribution in [0.2, 0.25) is 5.02 Å². The minimum Gasteiger partial charge on any atom is -0.326 e. The van der Waals surface area contributed by atoms with Gasteiger partial charge < -0.3 is 10.2 Å². The summed E-state index contributed by atoms with van der Waals surface area (Å²) in [4.78, 5) is 26.5. The summed E-state index contributed by atoms with van der Waals surface area (Å²) in [6.45, 7) is 0.385. The third kappa shape index (κ3) is 3.27. The highest BCUT2D eigenvalue weighted by molar-refractivity contribution is 6.31. The average Bonchev–Trinajstić information content (AvgIpc) is 3.20. The molecule has 1 heterocycles. The van der Waals surface area contributed by atoms with Gasteiger partial charge in [0.25, 0.3) is 0 Å². The minimum atomic E-state index is -0.347. The van der Waals surface area contributed by atoms with Gasteiger partial charge >= 0.3 is 0 Å². The van der Waals surface area contributed by atoms with Crippen molar-refractivity contribution in [1.29, 1.82) is 0 Å². The van der Waals surface area contributed by atoms with E-state index in [-0.39, 0.29) is 24.2 Å². The number of halogens is 1. The van der Waals surface area contributed by atoms with Crippen molar-refractivity contribution in [3.8, 4) is 0 Å². The second kappa shape index (κ2) is 6.52. The monoisotopic (exact) mass is 354 g/mol. The lowest BCUT2D eigenvalue weighted by Crippen LogP contribution is -2.28. The average molecular weight is 355 g/mol. The predicted octanol–water partition coefficient (Wildman–Crippen LogP) is 3.82. The van der Waals surface area contributed by atoms with E-state index in [2.05, 4.69) is 17.4 Å². The van der Waals surface area contributed by atoms with Gasteiger partial charge in [-0.25, -0.2) is 0 Å². The third-order valence-corrected chi connectivity index (χ3v) is 5.22. The number of hydrogen-bond donors (Lipinski definition) is 1. The van der Waals surface area contributed by atoms with Crippen molar-refractivity contribution in [2.75, 3.05) is 16.8 Å². The van der Waals surface area contributed by atoms with E-state index >= 15 is 0 Å². The molecule has 1 N–H and O–H groups in total. The zero-order valence-corrected chi connectivity index (χ0v) is 14.6. The molecule has 5 heteroatoms. The molecule has 0 spiro atoms. The van der Waals surface area contributed by atoms with Crippen molar-refractivity contribution in [1.82, 2.24) is 0 Å². The Bertz CT molecular complexity index is 849. The number of nitrogens with zero attached hydrogens (tertiary/aromatic N) is 1. The number of benzene rings is 2. The highest BCUT2D eigenvalue weighted by Crippen LogP contribution is 2.29. The molecule has 1 aliphatic carbocycles. The molecular weight excluding hydrogens is 336 g/mol. The Hall–Kier alpha value is -2.33. The molecule has 1 saturated heterocycles. The Morgan fingerprint density at radius 3 is 2.80 bits per heavy atom. The Balaban J connectivity index is 1.45.